The Hall–Kier alpha value is -1.56. The summed E-state index contributed by atoms with van der Waals surface area (Å²) in [5, 5.41) is 14.9. The van der Waals surface area contributed by atoms with E-state index in [0.717, 1.165) is 12.2 Å². The second kappa shape index (κ2) is 4.52. The second-order valence-corrected chi connectivity index (χ2v) is 3.92. The third-order valence-corrected chi connectivity index (χ3v) is 2.88. The van der Waals surface area contributed by atoms with Gasteiger partial charge in [-0.1, -0.05) is 13.8 Å². The monoisotopic (exact) mass is 220 g/mol. The Morgan fingerprint density at radius 1 is 1.38 bits per heavy atom. The molecular weight excluding hydrogens is 204 g/mol. The van der Waals surface area contributed by atoms with Gasteiger partial charge in [-0.25, -0.2) is 0 Å². The highest BCUT2D eigenvalue weighted by atomic mass is 15.5. The molecule has 0 fully saturated rings. The number of tetrazole rings is 1. The SMILES string of the molecule is CCNC(C)C(C)c1cncc2nnnn12. The fourth-order valence-corrected chi connectivity index (χ4v) is 1.76. The van der Waals surface area contributed by atoms with Crippen LogP contribution in [0.1, 0.15) is 32.4 Å². The molecule has 0 radical (unpaired) electrons. The highest BCUT2D eigenvalue weighted by Gasteiger charge is 2.17. The van der Waals surface area contributed by atoms with E-state index in [9.17, 15) is 0 Å². The van der Waals surface area contributed by atoms with Crippen molar-refractivity contribution < 1.29 is 0 Å². The maximum atomic E-state index is 4.16. The van der Waals surface area contributed by atoms with Crippen LogP contribution in [-0.4, -0.2) is 37.6 Å². The molecule has 0 aliphatic carbocycles. The van der Waals surface area contributed by atoms with E-state index in [2.05, 4.69) is 46.6 Å². The van der Waals surface area contributed by atoms with Gasteiger partial charge in [0.15, 0.2) is 5.65 Å². The van der Waals surface area contributed by atoms with Gasteiger partial charge in [-0.3, -0.25) is 4.98 Å². The van der Waals surface area contributed by atoms with Gasteiger partial charge in [0.1, 0.15) is 0 Å². The lowest BCUT2D eigenvalue weighted by Gasteiger charge is -2.20. The normalized spacial score (nSPS) is 15.2. The Balaban J connectivity index is 2.35. The van der Waals surface area contributed by atoms with Crippen molar-refractivity contribution in [2.75, 3.05) is 6.54 Å². The van der Waals surface area contributed by atoms with Gasteiger partial charge in [-0.05, 0) is 23.9 Å². The quantitative estimate of drug-likeness (QED) is 0.818. The average Bonchev–Trinajstić information content (AvgIpc) is 2.76. The molecule has 0 bridgehead atoms. The van der Waals surface area contributed by atoms with Gasteiger partial charge in [-0.2, -0.15) is 4.52 Å². The van der Waals surface area contributed by atoms with Crippen molar-refractivity contribution in [2.45, 2.75) is 32.7 Å². The standard InChI is InChI=1S/C10H16N6/c1-4-12-8(3)7(2)9-5-11-6-10-13-14-15-16(9)10/h5-8,12H,4H2,1-3H3. The lowest BCUT2D eigenvalue weighted by atomic mass is 10.00. The first-order valence-electron chi connectivity index (χ1n) is 5.49. The summed E-state index contributed by atoms with van der Waals surface area (Å²) in [6.07, 6.45) is 3.48. The molecule has 0 aliphatic rings. The predicted octanol–water partition coefficient (Wildman–Crippen LogP) is 0.621. The number of hydrogen-bond acceptors (Lipinski definition) is 5. The maximum Gasteiger partial charge on any atom is 0.197 e. The topological polar surface area (TPSA) is 68.0 Å². The zero-order valence-electron chi connectivity index (χ0n) is 9.75. The molecule has 86 valence electrons. The van der Waals surface area contributed by atoms with Gasteiger partial charge < -0.3 is 5.32 Å². The summed E-state index contributed by atoms with van der Waals surface area (Å²) in [7, 11) is 0. The molecule has 0 saturated carbocycles. The number of fused-ring (bicyclic) bond motifs is 1. The summed E-state index contributed by atoms with van der Waals surface area (Å²) in [4.78, 5) is 4.16. The van der Waals surface area contributed by atoms with E-state index in [1.54, 1.807) is 10.7 Å². The summed E-state index contributed by atoms with van der Waals surface area (Å²) < 4.78 is 1.74. The molecule has 2 aromatic heterocycles. The van der Waals surface area contributed by atoms with Gasteiger partial charge in [0.25, 0.3) is 0 Å². The van der Waals surface area contributed by atoms with Gasteiger partial charge in [-0.15, -0.1) is 5.10 Å². The summed E-state index contributed by atoms with van der Waals surface area (Å²) in [6.45, 7) is 7.34. The van der Waals surface area contributed by atoms with E-state index < -0.39 is 0 Å². The first kappa shape index (κ1) is 10.9. The fraction of sp³-hybridized carbons (Fsp3) is 0.600. The first-order chi connectivity index (χ1) is 7.74. The molecule has 6 heteroatoms. The number of rotatable bonds is 4. The molecule has 16 heavy (non-hydrogen) atoms. The number of aromatic nitrogens is 5. The first-order valence-corrected chi connectivity index (χ1v) is 5.49. The highest BCUT2D eigenvalue weighted by Crippen LogP contribution is 2.17. The van der Waals surface area contributed by atoms with E-state index in [4.69, 9.17) is 0 Å². The maximum absolute atomic E-state index is 4.16. The zero-order valence-corrected chi connectivity index (χ0v) is 9.75. The van der Waals surface area contributed by atoms with Crippen molar-refractivity contribution in [1.29, 1.82) is 0 Å². The number of nitrogens with zero attached hydrogens (tertiary/aromatic N) is 5. The third-order valence-electron chi connectivity index (χ3n) is 2.88. The van der Waals surface area contributed by atoms with Crippen molar-refractivity contribution in [2.24, 2.45) is 0 Å². The van der Waals surface area contributed by atoms with Crippen LogP contribution in [0.2, 0.25) is 0 Å². The molecule has 2 unspecified atom stereocenters. The smallest absolute Gasteiger partial charge is 0.197 e. The Labute approximate surface area is 94.1 Å². The highest BCUT2D eigenvalue weighted by molar-refractivity contribution is 5.33. The van der Waals surface area contributed by atoms with Gasteiger partial charge in [0.2, 0.25) is 0 Å². The van der Waals surface area contributed by atoms with E-state index >= 15 is 0 Å². The van der Waals surface area contributed by atoms with Crippen LogP contribution in [0, 0.1) is 0 Å². The third kappa shape index (κ3) is 1.88. The Morgan fingerprint density at radius 2 is 2.19 bits per heavy atom. The van der Waals surface area contributed by atoms with Gasteiger partial charge >= 0.3 is 0 Å². The van der Waals surface area contributed by atoms with Crippen LogP contribution >= 0.6 is 0 Å². The Morgan fingerprint density at radius 3 is 2.94 bits per heavy atom. The van der Waals surface area contributed by atoms with Crippen LogP contribution in [0.3, 0.4) is 0 Å². The minimum atomic E-state index is 0.305. The molecular formula is C10H16N6. The summed E-state index contributed by atoms with van der Waals surface area (Å²) >= 11 is 0. The van der Waals surface area contributed by atoms with E-state index in [1.165, 1.54) is 0 Å². The molecule has 0 amide bonds. The van der Waals surface area contributed by atoms with Crippen LogP contribution in [0.5, 0.6) is 0 Å². The van der Waals surface area contributed by atoms with E-state index in [1.807, 2.05) is 6.20 Å². The summed E-state index contributed by atoms with van der Waals surface area (Å²) in [6, 6.07) is 0.363. The molecule has 2 rings (SSSR count). The van der Waals surface area contributed by atoms with Gasteiger partial charge in [0, 0.05) is 18.2 Å². The van der Waals surface area contributed by atoms with Crippen molar-refractivity contribution in [3.63, 3.8) is 0 Å². The van der Waals surface area contributed by atoms with Crippen molar-refractivity contribution in [3.8, 4) is 0 Å². The fourth-order valence-electron chi connectivity index (χ4n) is 1.76. The number of likely N-dealkylation sites (N-methyl/N-ethyl adjacent to an activating group) is 1. The number of nitrogens with one attached hydrogen (secondary N) is 1. The minimum absolute atomic E-state index is 0.305. The molecule has 2 atom stereocenters. The predicted molar refractivity (Wildman–Crippen MR) is 60.1 cm³/mol. The molecule has 2 aromatic rings. The summed E-state index contributed by atoms with van der Waals surface area (Å²) in [5.41, 5.74) is 1.71. The Kier molecular flexibility index (Phi) is 3.09. The van der Waals surface area contributed by atoms with Crippen LogP contribution in [0.4, 0.5) is 0 Å². The van der Waals surface area contributed by atoms with Crippen LogP contribution in [0.25, 0.3) is 5.65 Å². The Bertz CT molecular complexity index is 465. The number of hydrogen-bond donors (Lipinski definition) is 1. The van der Waals surface area contributed by atoms with Crippen LogP contribution < -0.4 is 5.32 Å². The molecule has 0 spiro atoms. The lowest BCUT2D eigenvalue weighted by molar-refractivity contribution is 0.478. The van der Waals surface area contributed by atoms with Crippen molar-refractivity contribution in [1.82, 2.24) is 30.3 Å². The largest absolute Gasteiger partial charge is 0.314 e. The van der Waals surface area contributed by atoms with Crippen LogP contribution in [0.15, 0.2) is 12.4 Å². The second-order valence-electron chi connectivity index (χ2n) is 3.92. The molecule has 2 heterocycles. The van der Waals surface area contributed by atoms with Crippen molar-refractivity contribution >= 4 is 5.65 Å². The molecule has 1 N–H and O–H groups in total. The summed E-state index contributed by atoms with van der Waals surface area (Å²) in [5.74, 6) is 0.305. The molecule has 0 aliphatic heterocycles. The van der Waals surface area contributed by atoms with Gasteiger partial charge in [0.05, 0.1) is 11.9 Å². The van der Waals surface area contributed by atoms with E-state index in [0.29, 0.717) is 17.6 Å². The zero-order chi connectivity index (χ0) is 11.5. The molecule has 0 saturated heterocycles. The van der Waals surface area contributed by atoms with Crippen molar-refractivity contribution in [3.05, 3.63) is 18.1 Å². The van der Waals surface area contributed by atoms with E-state index in [-0.39, 0.29) is 0 Å². The van der Waals surface area contributed by atoms with Crippen LogP contribution in [-0.2, 0) is 0 Å². The average molecular weight is 220 g/mol. The molecule has 0 aromatic carbocycles. The minimum Gasteiger partial charge on any atom is -0.314 e. The lowest BCUT2D eigenvalue weighted by Crippen LogP contribution is -2.31. The molecule has 6 nitrogen and oxygen atoms in total.